The SMILES string of the molecule is COc1cc(NCc2cnc(C)s2)cc(OC)c1. The number of benzene rings is 1. The zero-order valence-electron chi connectivity index (χ0n) is 10.7. The summed E-state index contributed by atoms with van der Waals surface area (Å²) in [6, 6.07) is 5.73. The Hall–Kier alpha value is -1.75. The van der Waals surface area contributed by atoms with Crippen LogP contribution in [0.25, 0.3) is 0 Å². The van der Waals surface area contributed by atoms with E-state index < -0.39 is 0 Å². The van der Waals surface area contributed by atoms with Crippen LogP contribution in [0.5, 0.6) is 11.5 Å². The smallest absolute Gasteiger partial charge is 0.124 e. The third kappa shape index (κ3) is 3.13. The summed E-state index contributed by atoms with van der Waals surface area (Å²) in [6.45, 7) is 2.75. The second kappa shape index (κ2) is 5.73. The first-order valence-electron chi connectivity index (χ1n) is 5.59. The van der Waals surface area contributed by atoms with Crippen molar-refractivity contribution in [2.45, 2.75) is 13.5 Å². The van der Waals surface area contributed by atoms with Gasteiger partial charge in [0.1, 0.15) is 11.5 Å². The van der Waals surface area contributed by atoms with Crippen molar-refractivity contribution in [2.24, 2.45) is 0 Å². The Labute approximate surface area is 111 Å². The lowest BCUT2D eigenvalue weighted by Crippen LogP contribution is -1.98. The molecule has 18 heavy (non-hydrogen) atoms. The minimum atomic E-state index is 0.752. The molecule has 0 aliphatic rings. The molecule has 0 spiro atoms. The number of thiazole rings is 1. The van der Waals surface area contributed by atoms with E-state index in [4.69, 9.17) is 9.47 Å². The molecule has 1 N–H and O–H groups in total. The van der Waals surface area contributed by atoms with Crippen molar-refractivity contribution in [1.29, 1.82) is 0 Å². The van der Waals surface area contributed by atoms with Crippen molar-refractivity contribution >= 4 is 17.0 Å². The third-order valence-electron chi connectivity index (χ3n) is 2.49. The van der Waals surface area contributed by atoms with Gasteiger partial charge in [-0.3, -0.25) is 0 Å². The van der Waals surface area contributed by atoms with Gasteiger partial charge in [-0.2, -0.15) is 0 Å². The predicted octanol–water partition coefficient (Wildman–Crippen LogP) is 3.08. The normalized spacial score (nSPS) is 10.2. The number of aryl methyl sites for hydroxylation is 1. The molecular weight excluding hydrogens is 248 g/mol. The maximum Gasteiger partial charge on any atom is 0.124 e. The van der Waals surface area contributed by atoms with Gasteiger partial charge in [0, 0.05) is 35.0 Å². The lowest BCUT2D eigenvalue weighted by atomic mass is 10.2. The summed E-state index contributed by atoms with van der Waals surface area (Å²) in [5, 5.41) is 4.41. The fourth-order valence-corrected chi connectivity index (χ4v) is 2.32. The summed E-state index contributed by atoms with van der Waals surface area (Å²) in [6.07, 6.45) is 1.89. The molecular formula is C13H16N2O2S. The Morgan fingerprint density at radius 2 is 1.83 bits per heavy atom. The molecule has 2 aromatic rings. The first-order chi connectivity index (χ1) is 8.71. The maximum absolute atomic E-state index is 5.22. The Kier molecular flexibility index (Phi) is 4.04. The highest BCUT2D eigenvalue weighted by Crippen LogP contribution is 2.26. The van der Waals surface area contributed by atoms with Crippen LogP contribution in [0.4, 0.5) is 5.69 Å². The van der Waals surface area contributed by atoms with Crippen molar-refractivity contribution in [3.8, 4) is 11.5 Å². The van der Waals surface area contributed by atoms with Crippen molar-refractivity contribution in [3.05, 3.63) is 34.3 Å². The largest absolute Gasteiger partial charge is 0.497 e. The fraction of sp³-hybridized carbons (Fsp3) is 0.308. The van der Waals surface area contributed by atoms with Crippen LogP contribution in [0.1, 0.15) is 9.88 Å². The molecule has 0 fully saturated rings. The van der Waals surface area contributed by atoms with E-state index in [-0.39, 0.29) is 0 Å². The van der Waals surface area contributed by atoms with Gasteiger partial charge in [0.25, 0.3) is 0 Å². The van der Waals surface area contributed by atoms with E-state index in [1.165, 1.54) is 4.88 Å². The van der Waals surface area contributed by atoms with Crippen LogP contribution in [0, 0.1) is 6.92 Å². The number of nitrogens with one attached hydrogen (secondary N) is 1. The molecule has 96 valence electrons. The second-order valence-corrected chi connectivity index (χ2v) is 5.12. The van der Waals surface area contributed by atoms with E-state index in [0.717, 1.165) is 28.7 Å². The first kappa shape index (κ1) is 12.7. The van der Waals surface area contributed by atoms with Crippen LogP contribution in [0.2, 0.25) is 0 Å². The van der Waals surface area contributed by atoms with Gasteiger partial charge in [0.15, 0.2) is 0 Å². The summed E-state index contributed by atoms with van der Waals surface area (Å²) in [5.74, 6) is 1.55. The number of anilines is 1. The quantitative estimate of drug-likeness (QED) is 0.901. The van der Waals surface area contributed by atoms with Gasteiger partial charge in [-0.25, -0.2) is 4.98 Å². The van der Waals surface area contributed by atoms with Gasteiger partial charge in [-0.05, 0) is 6.92 Å². The van der Waals surface area contributed by atoms with Crippen molar-refractivity contribution in [2.75, 3.05) is 19.5 Å². The van der Waals surface area contributed by atoms with Crippen molar-refractivity contribution in [3.63, 3.8) is 0 Å². The number of nitrogens with zero attached hydrogens (tertiary/aromatic N) is 1. The van der Waals surface area contributed by atoms with E-state index in [0.29, 0.717) is 0 Å². The number of aromatic nitrogens is 1. The average Bonchev–Trinajstić information content (AvgIpc) is 2.81. The molecule has 0 saturated carbocycles. The highest BCUT2D eigenvalue weighted by molar-refractivity contribution is 7.11. The summed E-state index contributed by atoms with van der Waals surface area (Å²) in [7, 11) is 3.29. The van der Waals surface area contributed by atoms with Crippen LogP contribution in [-0.4, -0.2) is 19.2 Å². The van der Waals surface area contributed by atoms with Gasteiger partial charge >= 0.3 is 0 Å². The number of hydrogen-bond donors (Lipinski definition) is 1. The van der Waals surface area contributed by atoms with Gasteiger partial charge in [0.05, 0.1) is 25.8 Å². The van der Waals surface area contributed by atoms with E-state index in [9.17, 15) is 0 Å². The van der Waals surface area contributed by atoms with E-state index in [2.05, 4.69) is 10.3 Å². The Morgan fingerprint density at radius 3 is 2.33 bits per heavy atom. The number of hydrogen-bond acceptors (Lipinski definition) is 5. The minimum Gasteiger partial charge on any atom is -0.497 e. The summed E-state index contributed by atoms with van der Waals surface area (Å²) >= 11 is 1.69. The zero-order chi connectivity index (χ0) is 13.0. The van der Waals surface area contributed by atoms with Crippen molar-refractivity contribution in [1.82, 2.24) is 4.98 Å². The van der Waals surface area contributed by atoms with Crippen LogP contribution in [0.3, 0.4) is 0 Å². The molecule has 0 radical (unpaired) electrons. The fourth-order valence-electron chi connectivity index (χ4n) is 1.59. The number of ether oxygens (including phenoxy) is 2. The Balaban J connectivity index is 2.08. The standard InChI is InChI=1S/C13H16N2O2S/c1-9-14-7-13(18-9)8-15-10-4-11(16-2)6-12(5-10)17-3/h4-7,15H,8H2,1-3H3. The highest BCUT2D eigenvalue weighted by atomic mass is 32.1. The molecule has 0 atom stereocenters. The van der Waals surface area contributed by atoms with Crippen molar-refractivity contribution < 1.29 is 9.47 Å². The molecule has 0 bridgehead atoms. The van der Waals surface area contributed by atoms with Gasteiger partial charge in [-0.1, -0.05) is 0 Å². The maximum atomic E-state index is 5.22. The summed E-state index contributed by atoms with van der Waals surface area (Å²) < 4.78 is 10.4. The van der Waals surface area contributed by atoms with Crippen LogP contribution in [-0.2, 0) is 6.54 Å². The minimum absolute atomic E-state index is 0.752. The molecule has 0 unspecified atom stereocenters. The lowest BCUT2D eigenvalue weighted by Gasteiger charge is -2.09. The molecule has 4 nitrogen and oxygen atoms in total. The summed E-state index contributed by atoms with van der Waals surface area (Å²) in [5.41, 5.74) is 0.970. The predicted molar refractivity (Wildman–Crippen MR) is 73.7 cm³/mol. The summed E-state index contributed by atoms with van der Waals surface area (Å²) in [4.78, 5) is 5.43. The molecule has 2 rings (SSSR count). The Morgan fingerprint density at radius 1 is 1.17 bits per heavy atom. The number of rotatable bonds is 5. The molecule has 1 aromatic heterocycles. The van der Waals surface area contributed by atoms with Gasteiger partial charge in [-0.15, -0.1) is 11.3 Å². The molecule has 5 heteroatoms. The second-order valence-electron chi connectivity index (χ2n) is 3.80. The molecule has 0 aliphatic heterocycles. The average molecular weight is 264 g/mol. The molecule has 1 heterocycles. The Bertz CT molecular complexity index is 503. The lowest BCUT2D eigenvalue weighted by molar-refractivity contribution is 0.394. The monoisotopic (exact) mass is 264 g/mol. The topological polar surface area (TPSA) is 43.4 Å². The highest BCUT2D eigenvalue weighted by Gasteiger charge is 2.03. The molecule has 0 amide bonds. The van der Waals surface area contributed by atoms with E-state index in [1.54, 1.807) is 25.6 Å². The van der Waals surface area contributed by atoms with E-state index in [1.807, 2.05) is 31.3 Å². The zero-order valence-corrected chi connectivity index (χ0v) is 11.5. The van der Waals surface area contributed by atoms with Crippen LogP contribution in [0.15, 0.2) is 24.4 Å². The molecule has 0 saturated heterocycles. The van der Waals surface area contributed by atoms with Gasteiger partial charge in [0.2, 0.25) is 0 Å². The molecule has 0 aliphatic carbocycles. The van der Waals surface area contributed by atoms with Crippen LogP contribution < -0.4 is 14.8 Å². The van der Waals surface area contributed by atoms with E-state index >= 15 is 0 Å². The van der Waals surface area contributed by atoms with Gasteiger partial charge < -0.3 is 14.8 Å². The molecule has 1 aromatic carbocycles. The third-order valence-corrected chi connectivity index (χ3v) is 3.40. The first-order valence-corrected chi connectivity index (χ1v) is 6.41. The number of methoxy groups -OCH3 is 2. The van der Waals surface area contributed by atoms with Crippen LogP contribution >= 0.6 is 11.3 Å².